The summed E-state index contributed by atoms with van der Waals surface area (Å²) < 4.78 is 21.9. The average molecular weight is 372 g/mol. The molecule has 7 nitrogen and oxygen atoms in total. The molecule has 0 aliphatic carbocycles. The van der Waals surface area contributed by atoms with Gasteiger partial charge < -0.3 is 34.3 Å². The third-order valence-electron chi connectivity index (χ3n) is 3.27. The van der Waals surface area contributed by atoms with Crippen LogP contribution in [0.5, 0.6) is 5.75 Å². The predicted octanol–water partition coefficient (Wildman–Crippen LogP) is 1.26. The van der Waals surface area contributed by atoms with Gasteiger partial charge in [-0.25, -0.2) is 0 Å². The lowest BCUT2D eigenvalue weighted by atomic mass is 10.1. The van der Waals surface area contributed by atoms with E-state index < -0.39 is 18.3 Å². The summed E-state index contributed by atoms with van der Waals surface area (Å²) in [6.07, 6.45) is -1.54. The summed E-state index contributed by atoms with van der Waals surface area (Å²) >= 11 is 0. The highest BCUT2D eigenvalue weighted by molar-refractivity contribution is 5.35. The van der Waals surface area contributed by atoms with Gasteiger partial charge in [-0.3, -0.25) is 0 Å². The molecule has 26 heavy (non-hydrogen) atoms. The minimum atomic E-state index is -0.532. The largest absolute Gasteiger partial charge is 0.491 e. The summed E-state index contributed by atoms with van der Waals surface area (Å²) in [5.74, 6) is 0.681. The molecule has 1 aromatic rings. The van der Waals surface area contributed by atoms with Gasteiger partial charge in [-0.05, 0) is 44.0 Å². The van der Waals surface area contributed by atoms with E-state index in [-0.39, 0.29) is 19.8 Å². The molecular formula is C19H32O7. The smallest absolute Gasteiger partial charge is 0.119 e. The summed E-state index contributed by atoms with van der Waals surface area (Å²) in [4.78, 5) is 0. The minimum Gasteiger partial charge on any atom is -0.491 e. The fourth-order valence-corrected chi connectivity index (χ4v) is 2.12. The molecular weight excluding hydrogens is 340 g/mol. The Labute approximate surface area is 155 Å². The topological polar surface area (TPSA) is 97.6 Å². The zero-order chi connectivity index (χ0) is 19.4. The van der Waals surface area contributed by atoms with Gasteiger partial charge in [0.1, 0.15) is 12.4 Å². The van der Waals surface area contributed by atoms with E-state index in [0.29, 0.717) is 32.2 Å². The molecule has 0 bridgehead atoms. The zero-order valence-corrected chi connectivity index (χ0v) is 15.9. The quantitative estimate of drug-likeness (QED) is 0.423. The SMILES string of the molecule is CC(O)COCCOc1ccc(COCC(C)O)c(COCC(C)O)c1. The van der Waals surface area contributed by atoms with Crippen molar-refractivity contribution in [2.45, 2.75) is 52.3 Å². The molecule has 0 saturated heterocycles. The van der Waals surface area contributed by atoms with Crippen LogP contribution in [0.2, 0.25) is 0 Å². The van der Waals surface area contributed by atoms with Crippen LogP contribution in [-0.2, 0) is 27.4 Å². The average Bonchev–Trinajstić information content (AvgIpc) is 2.55. The molecule has 150 valence electrons. The first-order valence-electron chi connectivity index (χ1n) is 8.90. The Morgan fingerprint density at radius 2 is 1.27 bits per heavy atom. The lowest BCUT2D eigenvalue weighted by molar-refractivity contribution is 0.0293. The fraction of sp³-hybridized carbons (Fsp3) is 0.684. The summed E-state index contributed by atoms with van der Waals surface area (Å²) in [5, 5.41) is 27.8. The summed E-state index contributed by atoms with van der Waals surface area (Å²) in [7, 11) is 0. The highest BCUT2D eigenvalue weighted by Gasteiger charge is 2.08. The van der Waals surface area contributed by atoms with Gasteiger partial charge in [0.2, 0.25) is 0 Å². The molecule has 3 unspecified atom stereocenters. The molecule has 3 N–H and O–H groups in total. The summed E-state index contributed by atoms with van der Waals surface area (Å²) in [6.45, 7) is 7.22. The Bertz CT molecular complexity index is 489. The van der Waals surface area contributed by atoms with Gasteiger partial charge in [0, 0.05) is 0 Å². The highest BCUT2D eigenvalue weighted by atomic mass is 16.5. The van der Waals surface area contributed by atoms with Crippen LogP contribution in [0.3, 0.4) is 0 Å². The molecule has 0 fully saturated rings. The number of hydrogen-bond acceptors (Lipinski definition) is 7. The van der Waals surface area contributed by atoms with Crippen molar-refractivity contribution in [2.75, 3.05) is 33.0 Å². The van der Waals surface area contributed by atoms with Gasteiger partial charge in [-0.1, -0.05) is 6.07 Å². The van der Waals surface area contributed by atoms with Crippen LogP contribution in [0.4, 0.5) is 0 Å². The molecule has 0 radical (unpaired) electrons. The summed E-state index contributed by atoms with van der Waals surface area (Å²) in [5.41, 5.74) is 1.84. The Morgan fingerprint density at radius 1 is 0.731 bits per heavy atom. The van der Waals surface area contributed by atoms with Crippen molar-refractivity contribution in [3.8, 4) is 5.75 Å². The lowest BCUT2D eigenvalue weighted by Crippen LogP contribution is -2.15. The van der Waals surface area contributed by atoms with Crippen molar-refractivity contribution in [3.05, 3.63) is 29.3 Å². The van der Waals surface area contributed by atoms with Gasteiger partial charge in [-0.2, -0.15) is 0 Å². The molecule has 0 aromatic heterocycles. The summed E-state index contributed by atoms with van der Waals surface area (Å²) in [6, 6.07) is 5.61. The number of aliphatic hydroxyl groups is 3. The molecule has 3 atom stereocenters. The van der Waals surface area contributed by atoms with E-state index in [1.807, 2.05) is 18.2 Å². The molecule has 0 aliphatic rings. The Balaban J connectivity index is 2.59. The number of rotatable bonds is 14. The van der Waals surface area contributed by atoms with E-state index in [9.17, 15) is 10.2 Å². The van der Waals surface area contributed by atoms with Gasteiger partial charge in [0.25, 0.3) is 0 Å². The second-order valence-corrected chi connectivity index (χ2v) is 6.43. The first-order valence-corrected chi connectivity index (χ1v) is 8.90. The van der Waals surface area contributed by atoms with Crippen molar-refractivity contribution in [1.82, 2.24) is 0 Å². The standard InChI is InChI=1S/C19H32O7/c1-14(20)9-23-6-7-26-19-5-4-17(12-24-10-15(2)21)18(8-19)13-25-11-16(3)22/h4-5,8,14-16,20-22H,6-7,9-13H2,1-3H3. The van der Waals surface area contributed by atoms with Gasteiger partial charge >= 0.3 is 0 Å². The number of benzene rings is 1. The Kier molecular flexibility index (Phi) is 11.4. The van der Waals surface area contributed by atoms with Crippen LogP contribution in [0.25, 0.3) is 0 Å². The van der Waals surface area contributed by atoms with Crippen LogP contribution in [0.15, 0.2) is 18.2 Å². The van der Waals surface area contributed by atoms with E-state index in [1.54, 1.807) is 20.8 Å². The normalized spacial score (nSPS) is 14.8. The van der Waals surface area contributed by atoms with E-state index in [1.165, 1.54) is 0 Å². The molecule has 7 heteroatoms. The lowest BCUT2D eigenvalue weighted by Gasteiger charge is -2.15. The number of aliphatic hydroxyl groups excluding tert-OH is 3. The first-order chi connectivity index (χ1) is 12.4. The third-order valence-corrected chi connectivity index (χ3v) is 3.27. The van der Waals surface area contributed by atoms with Crippen LogP contribution < -0.4 is 4.74 Å². The maximum absolute atomic E-state index is 9.33. The van der Waals surface area contributed by atoms with E-state index in [2.05, 4.69) is 0 Å². The minimum absolute atomic E-state index is 0.242. The van der Waals surface area contributed by atoms with Gasteiger partial charge in [0.05, 0.1) is 58.0 Å². The second-order valence-electron chi connectivity index (χ2n) is 6.43. The molecule has 0 saturated carbocycles. The van der Waals surface area contributed by atoms with Gasteiger partial charge in [-0.15, -0.1) is 0 Å². The highest BCUT2D eigenvalue weighted by Crippen LogP contribution is 2.20. The zero-order valence-electron chi connectivity index (χ0n) is 15.9. The molecule has 1 rings (SSSR count). The molecule has 0 heterocycles. The van der Waals surface area contributed by atoms with Crippen LogP contribution in [0, 0.1) is 0 Å². The Hall–Kier alpha value is -1.22. The van der Waals surface area contributed by atoms with E-state index in [4.69, 9.17) is 24.1 Å². The monoisotopic (exact) mass is 372 g/mol. The predicted molar refractivity (Wildman–Crippen MR) is 97.1 cm³/mol. The van der Waals surface area contributed by atoms with Crippen molar-refractivity contribution in [1.29, 1.82) is 0 Å². The number of hydrogen-bond donors (Lipinski definition) is 3. The van der Waals surface area contributed by atoms with Crippen LogP contribution in [-0.4, -0.2) is 66.7 Å². The maximum atomic E-state index is 9.33. The third kappa shape index (κ3) is 10.7. The van der Waals surface area contributed by atoms with Gasteiger partial charge in [0.15, 0.2) is 0 Å². The van der Waals surface area contributed by atoms with Crippen LogP contribution in [0.1, 0.15) is 31.9 Å². The fourth-order valence-electron chi connectivity index (χ4n) is 2.12. The second kappa shape index (κ2) is 13.0. The van der Waals surface area contributed by atoms with Crippen molar-refractivity contribution in [3.63, 3.8) is 0 Å². The molecule has 0 amide bonds. The van der Waals surface area contributed by atoms with Crippen molar-refractivity contribution in [2.24, 2.45) is 0 Å². The van der Waals surface area contributed by atoms with Crippen molar-refractivity contribution >= 4 is 0 Å². The first kappa shape index (κ1) is 22.8. The van der Waals surface area contributed by atoms with Crippen LogP contribution >= 0.6 is 0 Å². The number of ether oxygens (including phenoxy) is 4. The Morgan fingerprint density at radius 3 is 1.85 bits per heavy atom. The maximum Gasteiger partial charge on any atom is 0.119 e. The molecule has 0 aliphatic heterocycles. The van der Waals surface area contributed by atoms with E-state index >= 15 is 0 Å². The van der Waals surface area contributed by atoms with E-state index in [0.717, 1.165) is 11.1 Å². The molecule has 1 aromatic carbocycles. The van der Waals surface area contributed by atoms with Crippen molar-refractivity contribution < 1.29 is 34.3 Å². The molecule has 0 spiro atoms.